The molecule has 0 aliphatic carbocycles. The van der Waals surface area contributed by atoms with E-state index in [1.165, 1.54) is 16.9 Å². The summed E-state index contributed by atoms with van der Waals surface area (Å²) in [5.74, 6) is 0. The van der Waals surface area contributed by atoms with Gasteiger partial charge in [0.15, 0.2) is 0 Å². The van der Waals surface area contributed by atoms with Crippen LogP contribution in [0.15, 0.2) is 29.2 Å². The lowest BCUT2D eigenvalue weighted by molar-refractivity contribution is 0.193. The summed E-state index contributed by atoms with van der Waals surface area (Å²) in [5.41, 5.74) is 4.83. The highest BCUT2D eigenvalue weighted by Gasteiger charge is 2.16. The molecule has 0 fully saturated rings. The Kier molecular flexibility index (Phi) is 5.27. The van der Waals surface area contributed by atoms with Crippen molar-refractivity contribution >= 4 is 17.4 Å². The molecule has 0 aliphatic rings. The minimum absolute atomic E-state index is 0.0785. The number of amides is 2. The first-order chi connectivity index (χ1) is 10.1. The van der Waals surface area contributed by atoms with Crippen molar-refractivity contribution in [2.75, 3.05) is 7.05 Å². The summed E-state index contributed by atoms with van der Waals surface area (Å²) in [6.07, 6.45) is 2.54. The fourth-order valence-electron chi connectivity index (χ4n) is 1.97. The number of aryl methyl sites for hydroxylation is 1. The molecule has 0 saturated carbocycles. The van der Waals surface area contributed by atoms with Gasteiger partial charge in [0.1, 0.15) is 0 Å². The van der Waals surface area contributed by atoms with Crippen LogP contribution in [0.4, 0.5) is 4.79 Å². The first kappa shape index (κ1) is 15.4. The zero-order valence-corrected chi connectivity index (χ0v) is 13.4. The van der Waals surface area contributed by atoms with Crippen LogP contribution in [0.3, 0.4) is 0 Å². The molecule has 112 valence electrons. The second-order valence-corrected chi connectivity index (χ2v) is 5.85. The van der Waals surface area contributed by atoms with Gasteiger partial charge in [0.05, 0.1) is 17.7 Å². The molecule has 0 saturated heterocycles. The molecule has 0 unspecified atom stereocenters. The lowest BCUT2D eigenvalue weighted by Crippen LogP contribution is -2.43. The summed E-state index contributed by atoms with van der Waals surface area (Å²) in [6, 6.07) is 4.01. The second-order valence-electron chi connectivity index (χ2n) is 5.13. The van der Waals surface area contributed by atoms with Gasteiger partial charge in [0.25, 0.3) is 0 Å². The van der Waals surface area contributed by atoms with Crippen molar-refractivity contribution in [3.8, 4) is 0 Å². The molecule has 21 heavy (non-hydrogen) atoms. The van der Waals surface area contributed by atoms with Gasteiger partial charge in [-0.1, -0.05) is 0 Å². The minimum atomic E-state index is -0.0943. The van der Waals surface area contributed by atoms with Crippen molar-refractivity contribution in [1.29, 1.82) is 0 Å². The number of nitrogens with one attached hydrogen (secondary N) is 1. The molecule has 2 amide bonds. The highest BCUT2D eigenvalue weighted by molar-refractivity contribution is 7.07. The number of hydrogen-bond acceptors (Lipinski definition) is 4. The molecule has 2 rings (SSSR count). The number of aromatic nitrogens is 2. The average molecular weight is 304 g/mol. The molecule has 0 radical (unpaired) electrons. The third-order valence-electron chi connectivity index (χ3n) is 3.36. The number of likely N-dealkylation sites (N-methyl/N-ethyl adjacent to an activating group) is 1. The smallest absolute Gasteiger partial charge is 0.317 e. The van der Waals surface area contributed by atoms with E-state index in [2.05, 4.69) is 21.4 Å². The molecule has 1 atom stereocenters. The number of hydrogen-bond donors (Lipinski definition) is 1. The number of rotatable bonds is 5. The fraction of sp³-hybridized carbons (Fsp3) is 0.400. The number of urea groups is 1. The van der Waals surface area contributed by atoms with E-state index in [0.717, 1.165) is 17.8 Å². The normalized spacial score (nSPS) is 12.0. The standard InChI is InChI=1S/C15H20N4OS/c1-11-4-5-16-13(6-11)7-12(2)19(3)15(20)17-8-14-9-21-10-18-14/h4-6,9-10,12H,7-8H2,1-3H3,(H,17,20)/t12-/m1/s1. The van der Waals surface area contributed by atoms with E-state index in [9.17, 15) is 4.79 Å². The quantitative estimate of drug-likeness (QED) is 0.924. The minimum Gasteiger partial charge on any atom is -0.332 e. The Labute approximate surface area is 129 Å². The molecule has 2 aromatic rings. The Bertz CT molecular complexity index is 585. The van der Waals surface area contributed by atoms with Crippen molar-refractivity contribution in [2.45, 2.75) is 32.9 Å². The summed E-state index contributed by atoms with van der Waals surface area (Å²) >= 11 is 1.52. The Hall–Kier alpha value is -1.95. The molecule has 0 bridgehead atoms. The van der Waals surface area contributed by atoms with Gasteiger partial charge < -0.3 is 10.2 Å². The maximum atomic E-state index is 12.1. The molecule has 2 heterocycles. The van der Waals surface area contributed by atoms with Crippen LogP contribution in [-0.2, 0) is 13.0 Å². The van der Waals surface area contributed by atoms with Crippen LogP contribution in [0.1, 0.15) is 23.9 Å². The number of carbonyl (C=O) groups excluding carboxylic acids is 1. The summed E-state index contributed by atoms with van der Waals surface area (Å²) in [6.45, 7) is 4.52. The highest BCUT2D eigenvalue weighted by atomic mass is 32.1. The van der Waals surface area contributed by atoms with Crippen molar-refractivity contribution in [1.82, 2.24) is 20.2 Å². The molecule has 1 N–H and O–H groups in total. The monoisotopic (exact) mass is 304 g/mol. The van der Waals surface area contributed by atoms with E-state index in [1.807, 2.05) is 25.3 Å². The van der Waals surface area contributed by atoms with Gasteiger partial charge in [-0.3, -0.25) is 4.98 Å². The Morgan fingerprint density at radius 1 is 1.43 bits per heavy atom. The van der Waals surface area contributed by atoms with Gasteiger partial charge in [-0.15, -0.1) is 11.3 Å². The van der Waals surface area contributed by atoms with Gasteiger partial charge in [-0.2, -0.15) is 0 Å². The first-order valence-corrected chi connectivity index (χ1v) is 7.80. The average Bonchev–Trinajstić information content (AvgIpc) is 2.97. The molecule has 0 aliphatic heterocycles. The number of carbonyl (C=O) groups is 1. The van der Waals surface area contributed by atoms with E-state index in [-0.39, 0.29) is 12.1 Å². The molecule has 6 heteroatoms. The molecule has 0 aromatic carbocycles. The number of nitrogens with zero attached hydrogens (tertiary/aromatic N) is 3. The largest absolute Gasteiger partial charge is 0.332 e. The first-order valence-electron chi connectivity index (χ1n) is 6.85. The van der Waals surface area contributed by atoms with Crippen LogP contribution in [0, 0.1) is 6.92 Å². The summed E-state index contributed by atoms with van der Waals surface area (Å²) in [5, 5.41) is 4.80. The van der Waals surface area contributed by atoms with Crippen molar-refractivity contribution in [3.05, 3.63) is 46.2 Å². The predicted molar refractivity (Wildman–Crippen MR) is 84.3 cm³/mol. The van der Waals surface area contributed by atoms with E-state index in [1.54, 1.807) is 23.7 Å². The zero-order valence-electron chi connectivity index (χ0n) is 12.5. The van der Waals surface area contributed by atoms with Crippen molar-refractivity contribution < 1.29 is 4.79 Å². The third-order valence-corrected chi connectivity index (χ3v) is 4.00. The van der Waals surface area contributed by atoms with Crippen molar-refractivity contribution in [2.24, 2.45) is 0 Å². The van der Waals surface area contributed by atoms with Gasteiger partial charge in [-0.05, 0) is 31.5 Å². The highest BCUT2D eigenvalue weighted by Crippen LogP contribution is 2.08. The lowest BCUT2D eigenvalue weighted by Gasteiger charge is -2.25. The molecule has 0 spiro atoms. The van der Waals surface area contributed by atoms with E-state index < -0.39 is 0 Å². The second kappa shape index (κ2) is 7.17. The Morgan fingerprint density at radius 3 is 2.90 bits per heavy atom. The summed E-state index contributed by atoms with van der Waals surface area (Å²) < 4.78 is 0. The Balaban J connectivity index is 1.86. The maximum Gasteiger partial charge on any atom is 0.317 e. The lowest BCUT2D eigenvalue weighted by atomic mass is 10.1. The topological polar surface area (TPSA) is 58.1 Å². The summed E-state index contributed by atoms with van der Waals surface area (Å²) in [4.78, 5) is 22.3. The molecule has 5 nitrogen and oxygen atoms in total. The van der Waals surface area contributed by atoms with E-state index in [0.29, 0.717) is 6.54 Å². The molecular formula is C15H20N4OS. The van der Waals surface area contributed by atoms with Gasteiger partial charge in [0.2, 0.25) is 0 Å². The molecule has 2 aromatic heterocycles. The van der Waals surface area contributed by atoms with E-state index in [4.69, 9.17) is 0 Å². The summed E-state index contributed by atoms with van der Waals surface area (Å²) in [7, 11) is 1.80. The zero-order chi connectivity index (χ0) is 15.2. The third kappa shape index (κ3) is 4.53. The van der Waals surface area contributed by atoms with Crippen LogP contribution < -0.4 is 5.32 Å². The van der Waals surface area contributed by atoms with Gasteiger partial charge in [-0.25, -0.2) is 9.78 Å². The van der Waals surface area contributed by atoms with E-state index >= 15 is 0 Å². The van der Waals surface area contributed by atoms with Gasteiger partial charge >= 0.3 is 6.03 Å². The van der Waals surface area contributed by atoms with Crippen LogP contribution in [0.2, 0.25) is 0 Å². The SMILES string of the molecule is Cc1ccnc(C[C@@H](C)N(C)C(=O)NCc2cscn2)c1. The number of thiazole rings is 1. The Morgan fingerprint density at radius 2 is 2.24 bits per heavy atom. The number of pyridine rings is 1. The predicted octanol–water partition coefficient (Wildman–Crippen LogP) is 2.62. The van der Waals surface area contributed by atoms with Crippen molar-refractivity contribution in [3.63, 3.8) is 0 Å². The van der Waals surface area contributed by atoms with Crippen LogP contribution in [0.5, 0.6) is 0 Å². The van der Waals surface area contributed by atoms with Crippen LogP contribution in [0.25, 0.3) is 0 Å². The van der Waals surface area contributed by atoms with Crippen LogP contribution >= 0.6 is 11.3 Å². The molecular weight excluding hydrogens is 284 g/mol. The van der Waals surface area contributed by atoms with Crippen LogP contribution in [-0.4, -0.2) is 34.0 Å². The fourth-order valence-corrected chi connectivity index (χ4v) is 2.52. The maximum absolute atomic E-state index is 12.1. The van der Waals surface area contributed by atoms with Gasteiger partial charge in [0, 0.05) is 36.8 Å².